The number of hydrogen-bond acceptors (Lipinski definition) is 3. The molecule has 1 fully saturated rings. The van der Waals surface area contributed by atoms with Crippen molar-refractivity contribution in [1.29, 1.82) is 0 Å². The van der Waals surface area contributed by atoms with Gasteiger partial charge in [0.05, 0.1) is 11.9 Å². The maximum absolute atomic E-state index is 10.4. The highest BCUT2D eigenvalue weighted by Gasteiger charge is 2.14. The first kappa shape index (κ1) is 9.05. The highest BCUT2D eigenvalue weighted by molar-refractivity contribution is 5.66. The third kappa shape index (κ3) is 1.86. The van der Waals surface area contributed by atoms with Gasteiger partial charge in [0, 0.05) is 19.3 Å². The van der Waals surface area contributed by atoms with Gasteiger partial charge >= 0.3 is 5.97 Å². The molecule has 0 radical (unpaired) electrons. The molecule has 0 amide bonds. The SMILES string of the molecule is O=C(O)Cn1cc(N2CCCC2)cn1. The Bertz CT molecular complexity index is 329. The summed E-state index contributed by atoms with van der Waals surface area (Å²) in [7, 11) is 0. The summed E-state index contributed by atoms with van der Waals surface area (Å²) in [4.78, 5) is 12.7. The van der Waals surface area contributed by atoms with Crippen LogP contribution in [0.5, 0.6) is 0 Å². The van der Waals surface area contributed by atoms with Gasteiger partial charge in [-0.05, 0) is 12.8 Å². The van der Waals surface area contributed by atoms with Crippen LogP contribution in [0.2, 0.25) is 0 Å². The van der Waals surface area contributed by atoms with Crippen molar-refractivity contribution in [2.45, 2.75) is 19.4 Å². The Hall–Kier alpha value is -1.52. The van der Waals surface area contributed by atoms with E-state index >= 15 is 0 Å². The van der Waals surface area contributed by atoms with Crippen molar-refractivity contribution in [2.24, 2.45) is 0 Å². The normalized spacial score (nSPS) is 16.1. The van der Waals surface area contributed by atoms with Gasteiger partial charge in [0.1, 0.15) is 6.54 Å². The molecule has 0 bridgehead atoms. The minimum atomic E-state index is -0.860. The Morgan fingerprint density at radius 1 is 1.50 bits per heavy atom. The number of carboxylic acids is 1. The monoisotopic (exact) mass is 195 g/mol. The molecule has 0 unspecified atom stereocenters. The molecule has 1 saturated heterocycles. The van der Waals surface area contributed by atoms with Crippen molar-refractivity contribution < 1.29 is 9.90 Å². The average Bonchev–Trinajstić information content (AvgIpc) is 2.69. The third-order valence-electron chi connectivity index (χ3n) is 2.39. The summed E-state index contributed by atoms with van der Waals surface area (Å²) in [6.07, 6.45) is 5.95. The minimum absolute atomic E-state index is 0.0617. The van der Waals surface area contributed by atoms with E-state index in [1.807, 2.05) is 0 Å². The van der Waals surface area contributed by atoms with Crippen LogP contribution in [0.1, 0.15) is 12.8 Å². The van der Waals surface area contributed by atoms with E-state index in [9.17, 15) is 4.79 Å². The zero-order valence-electron chi connectivity index (χ0n) is 7.89. The van der Waals surface area contributed by atoms with Gasteiger partial charge < -0.3 is 10.0 Å². The first-order chi connectivity index (χ1) is 6.75. The maximum Gasteiger partial charge on any atom is 0.325 e. The second kappa shape index (κ2) is 3.69. The minimum Gasteiger partial charge on any atom is -0.480 e. The zero-order valence-corrected chi connectivity index (χ0v) is 7.89. The topological polar surface area (TPSA) is 58.4 Å². The van der Waals surface area contributed by atoms with E-state index in [1.54, 1.807) is 12.4 Å². The summed E-state index contributed by atoms with van der Waals surface area (Å²) in [5.74, 6) is -0.860. The van der Waals surface area contributed by atoms with Gasteiger partial charge in [-0.15, -0.1) is 0 Å². The Morgan fingerprint density at radius 3 is 2.86 bits per heavy atom. The van der Waals surface area contributed by atoms with Crippen LogP contribution in [-0.2, 0) is 11.3 Å². The number of carboxylic acid groups (broad SMARTS) is 1. The predicted molar refractivity (Wildman–Crippen MR) is 51.3 cm³/mol. The van der Waals surface area contributed by atoms with Crippen LogP contribution in [0.3, 0.4) is 0 Å². The highest BCUT2D eigenvalue weighted by Crippen LogP contribution is 2.18. The van der Waals surface area contributed by atoms with Crippen LogP contribution in [0, 0.1) is 0 Å². The number of hydrogen-bond donors (Lipinski definition) is 1. The molecule has 1 aliphatic heterocycles. The average molecular weight is 195 g/mol. The molecular formula is C9H13N3O2. The molecule has 0 saturated carbocycles. The first-order valence-electron chi connectivity index (χ1n) is 4.75. The second-order valence-corrected chi connectivity index (χ2v) is 3.48. The zero-order chi connectivity index (χ0) is 9.97. The van der Waals surface area contributed by atoms with Crippen LogP contribution in [0.4, 0.5) is 5.69 Å². The van der Waals surface area contributed by atoms with E-state index in [-0.39, 0.29) is 6.54 Å². The van der Waals surface area contributed by atoms with Crippen LogP contribution in [0.15, 0.2) is 12.4 Å². The van der Waals surface area contributed by atoms with Crippen molar-refractivity contribution in [3.63, 3.8) is 0 Å². The lowest BCUT2D eigenvalue weighted by molar-refractivity contribution is -0.137. The molecule has 14 heavy (non-hydrogen) atoms. The van der Waals surface area contributed by atoms with Crippen LogP contribution in [-0.4, -0.2) is 33.9 Å². The second-order valence-electron chi connectivity index (χ2n) is 3.48. The number of anilines is 1. The van der Waals surface area contributed by atoms with E-state index in [0.717, 1.165) is 18.8 Å². The summed E-state index contributed by atoms with van der Waals surface area (Å²) in [5.41, 5.74) is 1.03. The Labute approximate surface area is 81.9 Å². The Kier molecular flexibility index (Phi) is 2.39. The fourth-order valence-corrected chi connectivity index (χ4v) is 1.72. The molecule has 5 heteroatoms. The van der Waals surface area contributed by atoms with Gasteiger partial charge in [-0.2, -0.15) is 5.10 Å². The summed E-state index contributed by atoms with van der Waals surface area (Å²) < 4.78 is 1.45. The summed E-state index contributed by atoms with van der Waals surface area (Å²) in [6.45, 7) is 2.05. The van der Waals surface area contributed by atoms with Crippen molar-refractivity contribution >= 4 is 11.7 Å². The number of rotatable bonds is 3. The molecule has 0 atom stereocenters. The van der Waals surface area contributed by atoms with Crippen LogP contribution < -0.4 is 4.90 Å². The van der Waals surface area contributed by atoms with Gasteiger partial charge in [0.25, 0.3) is 0 Å². The molecular weight excluding hydrogens is 182 g/mol. The lowest BCUT2D eigenvalue weighted by atomic mass is 10.4. The third-order valence-corrected chi connectivity index (χ3v) is 2.39. The molecule has 1 aromatic heterocycles. The number of carbonyl (C=O) groups is 1. The molecule has 2 heterocycles. The summed E-state index contributed by atoms with van der Waals surface area (Å²) in [6, 6.07) is 0. The smallest absolute Gasteiger partial charge is 0.325 e. The molecule has 1 aromatic rings. The van der Waals surface area contributed by atoms with E-state index in [4.69, 9.17) is 5.11 Å². The standard InChI is InChI=1S/C9H13N3O2/c13-9(14)7-12-6-8(5-10-12)11-3-1-2-4-11/h5-6H,1-4,7H2,(H,13,14). The number of aromatic nitrogens is 2. The summed E-state index contributed by atoms with van der Waals surface area (Å²) >= 11 is 0. The number of aliphatic carboxylic acids is 1. The lowest BCUT2D eigenvalue weighted by Gasteiger charge is -2.13. The highest BCUT2D eigenvalue weighted by atomic mass is 16.4. The predicted octanol–water partition coefficient (Wildman–Crippen LogP) is 0.568. The van der Waals surface area contributed by atoms with E-state index in [2.05, 4.69) is 10.00 Å². The molecule has 1 N–H and O–H groups in total. The van der Waals surface area contributed by atoms with Gasteiger partial charge in [-0.1, -0.05) is 0 Å². The van der Waals surface area contributed by atoms with Gasteiger partial charge in [-0.25, -0.2) is 0 Å². The fraction of sp³-hybridized carbons (Fsp3) is 0.556. The molecule has 2 rings (SSSR count). The van der Waals surface area contributed by atoms with E-state index < -0.39 is 5.97 Å². The maximum atomic E-state index is 10.4. The largest absolute Gasteiger partial charge is 0.480 e. The van der Waals surface area contributed by atoms with Gasteiger partial charge in [0.15, 0.2) is 0 Å². The molecule has 0 spiro atoms. The van der Waals surface area contributed by atoms with Gasteiger partial charge in [0.2, 0.25) is 0 Å². The van der Waals surface area contributed by atoms with Gasteiger partial charge in [-0.3, -0.25) is 9.48 Å². The van der Waals surface area contributed by atoms with Crippen molar-refractivity contribution in [3.05, 3.63) is 12.4 Å². The summed E-state index contributed by atoms with van der Waals surface area (Å²) in [5, 5.41) is 12.6. The Balaban J connectivity index is 2.05. The van der Waals surface area contributed by atoms with Crippen molar-refractivity contribution in [3.8, 4) is 0 Å². The quantitative estimate of drug-likeness (QED) is 0.766. The lowest BCUT2D eigenvalue weighted by Crippen LogP contribution is -2.16. The van der Waals surface area contributed by atoms with Crippen molar-refractivity contribution in [2.75, 3.05) is 18.0 Å². The fourth-order valence-electron chi connectivity index (χ4n) is 1.72. The molecule has 76 valence electrons. The van der Waals surface area contributed by atoms with E-state index in [1.165, 1.54) is 17.5 Å². The van der Waals surface area contributed by atoms with E-state index in [0.29, 0.717) is 0 Å². The Morgan fingerprint density at radius 2 is 2.21 bits per heavy atom. The van der Waals surface area contributed by atoms with Crippen molar-refractivity contribution in [1.82, 2.24) is 9.78 Å². The van der Waals surface area contributed by atoms with Crippen LogP contribution >= 0.6 is 0 Å². The molecule has 1 aliphatic rings. The molecule has 0 aromatic carbocycles. The number of nitrogens with zero attached hydrogens (tertiary/aromatic N) is 3. The van der Waals surface area contributed by atoms with Crippen LogP contribution in [0.25, 0.3) is 0 Å². The molecule has 0 aliphatic carbocycles. The first-order valence-corrected chi connectivity index (χ1v) is 4.75. The molecule has 5 nitrogen and oxygen atoms in total.